The second kappa shape index (κ2) is 4.60. The van der Waals surface area contributed by atoms with Crippen LogP contribution in [0, 0.1) is 0 Å². The van der Waals surface area contributed by atoms with Crippen molar-refractivity contribution in [2.24, 2.45) is 0 Å². The molecule has 0 spiro atoms. The van der Waals surface area contributed by atoms with Crippen molar-refractivity contribution in [2.45, 2.75) is 44.2 Å². The first-order valence-corrected chi connectivity index (χ1v) is 5.87. The van der Waals surface area contributed by atoms with Crippen LogP contribution < -0.4 is 10.6 Å². The summed E-state index contributed by atoms with van der Waals surface area (Å²) in [5.41, 5.74) is 0.110. The molecule has 2 atom stereocenters. The highest BCUT2D eigenvalue weighted by molar-refractivity contribution is 4.84. The van der Waals surface area contributed by atoms with Crippen LogP contribution >= 0.6 is 0 Å². The lowest BCUT2D eigenvalue weighted by atomic mass is 10.0. The minimum absolute atomic E-state index is 0.110. The van der Waals surface area contributed by atoms with Gasteiger partial charge in [0.2, 0.25) is 0 Å². The van der Waals surface area contributed by atoms with E-state index in [0.717, 1.165) is 19.7 Å². The molecule has 2 heterocycles. The SMILES string of the molecule is CC1(CNCC2CCCN2)CCCO1. The minimum Gasteiger partial charge on any atom is -0.374 e. The minimum atomic E-state index is 0.110. The van der Waals surface area contributed by atoms with Gasteiger partial charge in [0, 0.05) is 25.7 Å². The molecule has 0 bridgehead atoms. The molecule has 2 rings (SSSR count). The molecule has 2 fully saturated rings. The molecule has 2 saturated heterocycles. The maximum Gasteiger partial charge on any atom is 0.0779 e. The standard InChI is InChI=1S/C11H22N2O/c1-11(5-3-7-14-11)9-12-8-10-4-2-6-13-10/h10,12-13H,2-9H2,1H3. The molecular weight excluding hydrogens is 176 g/mol. The van der Waals surface area contributed by atoms with Crippen LogP contribution in [0.25, 0.3) is 0 Å². The first-order valence-electron chi connectivity index (χ1n) is 5.87. The molecule has 0 amide bonds. The molecule has 14 heavy (non-hydrogen) atoms. The Bertz CT molecular complexity index is 172. The Kier molecular flexibility index (Phi) is 3.42. The number of rotatable bonds is 4. The summed E-state index contributed by atoms with van der Waals surface area (Å²) in [5, 5.41) is 7.01. The molecule has 0 aliphatic carbocycles. The number of ether oxygens (including phenoxy) is 1. The fourth-order valence-corrected chi connectivity index (χ4v) is 2.42. The summed E-state index contributed by atoms with van der Waals surface area (Å²) in [5.74, 6) is 0. The van der Waals surface area contributed by atoms with E-state index in [4.69, 9.17) is 4.74 Å². The van der Waals surface area contributed by atoms with E-state index < -0.39 is 0 Å². The monoisotopic (exact) mass is 198 g/mol. The Hall–Kier alpha value is -0.120. The predicted octanol–water partition coefficient (Wildman–Crippen LogP) is 0.897. The van der Waals surface area contributed by atoms with Crippen LogP contribution in [0.3, 0.4) is 0 Å². The van der Waals surface area contributed by atoms with Crippen LogP contribution in [-0.4, -0.2) is 37.9 Å². The number of hydrogen-bond donors (Lipinski definition) is 2. The van der Waals surface area contributed by atoms with Gasteiger partial charge in [-0.25, -0.2) is 0 Å². The molecular formula is C11H22N2O. The van der Waals surface area contributed by atoms with Crippen molar-refractivity contribution in [3.05, 3.63) is 0 Å². The third-order valence-electron chi connectivity index (χ3n) is 3.35. The summed E-state index contributed by atoms with van der Waals surface area (Å²) in [6.45, 7) is 6.46. The van der Waals surface area contributed by atoms with Gasteiger partial charge in [-0.05, 0) is 39.2 Å². The zero-order chi connectivity index (χ0) is 9.86. The van der Waals surface area contributed by atoms with Crippen molar-refractivity contribution in [3.63, 3.8) is 0 Å². The van der Waals surface area contributed by atoms with Gasteiger partial charge in [-0.15, -0.1) is 0 Å². The molecule has 0 aromatic heterocycles. The van der Waals surface area contributed by atoms with Gasteiger partial charge in [0.25, 0.3) is 0 Å². The van der Waals surface area contributed by atoms with Crippen LogP contribution in [-0.2, 0) is 4.74 Å². The van der Waals surface area contributed by atoms with E-state index in [1.807, 2.05) is 0 Å². The van der Waals surface area contributed by atoms with Gasteiger partial charge >= 0.3 is 0 Å². The predicted molar refractivity (Wildman–Crippen MR) is 57.5 cm³/mol. The Morgan fingerprint density at radius 1 is 1.50 bits per heavy atom. The summed E-state index contributed by atoms with van der Waals surface area (Å²) in [7, 11) is 0. The highest BCUT2D eigenvalue weighted by atomic mass is 16.5. The van der Waals surface area contributed by atoms with E-state index in [2.05, 4.69) is 17.6 Å². The van der Waals surface area contributed by atoms with Gasteiger partial charge < -0.3 is 15.4 Å². The molecule has 0 saturated carbocycles. The van der Waals surface area contributed by atoms with Crippen molar-refractivity contribution >= 4 is 0 Å². The van der Waals surface area contributed by atoms with Gasteiger partial charge in [0.1, 0.15) is 0 Å². The molecule has 2 N–H and O–H groups in total. The van der Waals surface area contributed by atoms with Crippen LogP contribution in [0.1, 0.15) is 32.6 Å². The molecule has 3 nitrogen and oxygen atoms in total. The quantitative estimate of drug-likeness (QED) is 0.704. The molecule has 2 aliphatic heterocycles. The molecule has 2 unspecified atom stereocenters. The number of hydrogen-bond acceptors (Lipinski definition) is 3. The Morgan fingerprint density at radius 3 is 3.07 bits per heavy atom. The second-order valence-electron chi connectivity index (χ2n) is 4.83. The van der Waals surface area contributed by atoms with Gasteiger partial charge in [0.05, 0.1) is 5.60 Å². The molecule has 82 valence electrons. The van der Waals surface area contributed by atoms with E-state index in [1.165, 1.54) is 32.2 Å². The number of nitrogens with one attached hydrogen (secondary N) is 2. The smallest absolute Gasteiger partial charge is 0.0779 e. The third kappa shape index (κ3) is 2.69. The summed E-state index contributed by atoms with van der Waals surface area (Å²) in [4.78, 5) is 0. The van der Waals surface area contributed by atoms with Crippen molar-refractivity contribution in [1.82, 2.24) is 10.6 Å². The van der Waals surface area contributed by atoms with E-state index >= 15 is 0 Å². The molecule has 0 radical (unpaired) electrons. The maximum absolute atomic E-state index is 5.72. The molecule has 2 aliphatic rings. The average molecular weight is 198 g/mol. The summed E-state index contributed by atoms with van der Waals surface area (Å²) in [6.07, 6.45) is 5.09. The summed E-state index contributed by atoms with van der Waals surface area (Å²) < 4.78 is 5.72. The first-order chi connectivity index (χ1) is 6.79. The largest absolute Gasteiger partial charge is 0.374 e. The Morgan fingerprint density at radius 2 is 2.43 bits per heavy atom. The first kappa shape index (κ1) is 10.4. The van der Waals surface area contributed by atoms with E-state index in [9.17, 15) is 0 Å². The zero-order valence-corrected chi connectivity index (χ0v) is 9.14. The lowest BCUT2D eigenvalue weighted by Gasteiger charge is -2.24. The van der Waals surface area contributed by atoms with Gasteiger partial charge in [-0.2, -0.15) is 0 Å². The molecule has 0 aromatic carbocycles. The molecule has 3 heteroatoms. The van der Waals surface area contributed by atoms with E-state index in [0.29, 0.717) is 6.04 Å². The van der Waals surface area contributed by atoms with Crippen molar-refractivity contribution in [1.29, 1.82) is 0 Å². The normalized spacial score (nSPS) is 37.9. The van der Waals surface area contributed by atoms with Crippen molar-refractivity contribution < 1.29 is 4.74 Å². The molecule has 0 aromatic rings. The highest BCUT2D eigenvalue weighted by Gasteiger charge is 2.29. The lowest BCUT2D eigenvalue weighted by Crippen LogP contribution is -2.42. The van der Waals surface area contributed by atoms with E-state index in [1.54, 1.807) is 0 Å². The Labute approximate surface area is 86.6 Å². The Balaban J connectivity index is 1.61. The summed E-state index contributed by atoms with van der Waals surface area (Å²) >= 11 is 0. The van der Waals surface area contributed by atoms with Gasteiger partial charge in [-0.3, -0.25) is 0 Å². The van der Waals surface area contributed by atoms with Crippen LogP contribution in [0.2, 0.25) is 0 Å². The fourth-order valence-electron chi connectivity index (χ4n) is 2.42. The van der Waals surface area contributed by atoms with E-state index in [-0.39, 0.29) is 5.60 Å². The van der Waals surface area contributed by atoms with Crippen LogP contribution in [0.15, 0.2) is 0 Å². The van der Waals surface area contributed by atoms with Gasteiger partial charge in [0.15, 0.2) is 0 Å². The maximum atomic E-state index is 5.72. The second-order valence-corrected chi connectivity index (χ2v) is 4.83. The van der Waals surface area contributed by atoms with Crippen LogP contribution in [0.5, 0.6) is 0 Å². The summed E-state index contributed by atoms with van der Waals surface area (Å²) in [6, 6.07) is 0.694. The fraction of sp³-hybridized carbons (Fsp3) is 1.00. The van der Waals surface area contributed by atoms with Crippen molar-refractivity contribution in [3.8, 4) is 0 Å². The van der Waals surface area contributed by atoms with Crippen LogP contribution in [0.4, 0.5) is 0 Å². The van der Waals surface area contributed by atoms with Crippen molar-refractivity contribution in [2.75, 3.05) is 26.2 Å². The van der Waals surface area contributed by atoms with Gasteiger partial charge in [-0.1, -0.05) is 0 Å². The average Bonchev–Trinajstić information content (AvgIpc) is 2.77. The topological polar surface area (TPSA) is 33.3 Å². The highest BCUT2D eigenvalue weighted by Crippen LogP contribution is 2.23. The third-order valence-corrected chi connectivity index (χ3v) is 3.35. The lowest BCUT2D eigenvalue weighted by molar-refractivity contribution is 0.0207. The zero-order valence-electron chi connectivity index (χ0n) is 9.14.